The summed E-state index contributed by atoms with van der Waals surface area (Å²) in [6.45, 7) is 7.44. The number of esters is 1. The third-order valence-electron chi connectivity index (χ3n) is 5.62. The van der Waals surface area contributed by atoms with E-state index in [0.29, 0.717) is 47.9 Å². The molecule has 0 fully saturated rings. The first-order valence-corrected chi connectivity index (χ1v) is 11.6. The molecule has 1 aliphatic heterocycles. The van der Waals surface area contributed by atoms with E-state index in [1.165, 1.54) is 7.11 Å². The molecule has 1 N–H and O–H groups in total. The lowest BCUT2D eigenvalue weighted by molar-refractivity contribution is -0.143. The summed E-state index contributed by atoms with van der Waals surface area (Å²) in [6.07, 6.45) is 0.768. The van der Waals surface area contributed by atoms with E-state index in [2.05, 4.69) is 5.32 Å². The van der Waals surface area contributed by atoms with Gasteiger partial charge in [-0.2, -0.15) is 0 Å². The van der Waals surface area contributed by atoms with Crippen LogP contribution in [0.5, 0.6) is 11.5 Å². The molecule has 34 heavy (non-hydrogen) atoms. The molecule has 0 saturated carbocycles. The number of amides is 2. The van der Waals surface area contributed by atoms with Crippen molar-refractivity contribution in [1.29, 1.82) is 0 Å². The number of nitrogens with zero attached hydrogens (tertiary/aromatic N) is 1. The average Bonchev–Trinajstić information content (AvgIpc) is 3.15. The molecule has 0 radical (unpaired) electrons. The number of carbonyl (C=O) groups is 3. The highest BCUT2D eigenvalue weighted by molar-refractivity contribution is 6.09. The van der Waals surface area contributed by atoms with Crippen LogP contribution in [0.2, 0.25) is 0 Å². The van der Waals surface area contributed by atoms with Gasteiger partial charge in [-0.25, -0.2) is 0 Å². The lowest BCUT2D eigenvalue weighted by Gasteiger charge is -2.21. The van der Waals surface area contributed by atoms with Crippen LogP contribution in [0, 0.1) is 0 Å². The van der Waals surface area contributed by atoms with Gasteiger partial charge in [-0.15, -0.1) is 0 Å². The molecule has 3 rings (SSSR count). The van der Waals surface area contributed by atoms with Crippen molar-refractivity contribution in [2.45, 2.75) is 46.2 Å². The number of hydrogen-bond acceptors (Lipinski definition) is 6. The number of carbonyl (C=O) groups excluding carboxylic acids is 3. The van der Waals surface area contributed by atoms with Gasteiger partial charge in [0.1, 0.15) is 0 Å². The fourth-order valence-electron chi connectivity index (χ4n) is 4.11. The summed E-state index contributed by atoms with van der Waals surface area (Å²) < 4.78 is 16.1. The molecule has 1 heterocycles. The average molecular weight is 469 g/mol. The van der Waals surface area contributed by atoms with Crippen molar-refractivity contribution in [2.24, 2.45) is 0 Å². The molecule has 2 amide bonds. The maximum Gasteiger partial charge on any atom is 0.308 e. The topological polar surface area (TPSA) is 94.2 Å². The van der Waals surface area contributed by atoms with E-state index in [-0.39, 0.29) is 18.9 Å². The fourth-order valence-corrected chi connectivity index (χ4v) is 4.11. The van der Waals surface area contributed by atoms with Gasteiger partial charge >= 0.3 is 5.97 Å². The van der Waals surface area contributed by atoms with Gasteiger partial charge in [-0.05, 0) is 49.6 Å². The second-order valence-corrected chi connectivity index (χ2v) is 7.94. The summed E-state index contributed by atoms with van der Waals surface area (Å²) in [5, 5.41) is 2.93. The van der Waals surface area contributed by atoms with Crippen molar-refractivity contribution in [3.63, 3.8) is 0 Å². The van der Waals surface area contributed by atoms with Gasteiger partial charge in [0.05, 0.1) is 43.9 Å². The Hall–Kier alpha value is -3.55. The Kier molecular flexibility index (Phi) is 8.51. The molecule has 8 nitrogen and oxygen atoms in total. The molecule has 0 bridgehead atoms. The molecule has 0 aliphatic carbocycles. The molecule has 1 aliphatic rings. The minimum absolute atomic E-state index is 0.0678. The van der Waals surface area contributed by atoms with Crippen LogP contribution in [-0.2, 0) is 16.1 Å². The van der Waals surface area contributed by atoms with Crippen molar-refractivity contribution in [1.82, 2.24) is 10.2 Å². The number of nitrogens with one attached hydrogen (secondary N) is 1. The van der Waals surface area contributed by atoms with Gasteiger partial charge in [-0.3, -0.25) is 14.4 Å². The molecule has 2 aromatic carbocycles. The smallest absolute Gasteiger partial charge is 0.308 e. The van der Waals surface area contributed by atoms with Gasteiger partial charge in [0.25, 0.3) is 11.8 Å². The zero-order valence-corrected chi connectivity index (χ0v) is 20.2. The summed E-state index contributed by atoms with van der Waals surface area (Å²) in [7, 11) is 1.53. The SMILES string of the molecule is CCCN1Cc2cccc(C(=O)N[C@@H](CC(=O)OCC)c3ccc(OCC)c(OC)c3)c2C1=O. The van der Waals surface area contributed by atoms with Crippen molar-refractivity contribution in [3.05, 3.63) is 58.7 Å². The molecule has 182 valence electrons. The summed E-state index contributed by atoms with van der Waals surface area (Å²) in [6, 6.07) is 9.86. The van der Waals surface area contributed by atoms with E-state index >= 15 is 0 Å². The first-order valence-electron chi connectivity index (χ1n) is 11.6. The Morgan fingerprint density at radius 2 is 1.88 bits per heavy atom. The van der Waals surface area contributed by atoms with Crippen molar-refractivity contribution < 1.29 is 28.6 Å². The van der Waals surface area contributed by atoms with E-state index < -0.39 is 17.9 Å². The number of hydrogen-bond donors (Lipinski definition) is 1. The predicted molar refractivity (Wildman–Crippen MR) is 127 cm³/mol. The summed E-state index contributed by atoms with van der Waals surface area (Å²) in [5.74, 6) is 0.0491. The Balaban J connectivity index is 1.92. The first-order chi connectivity index (χ1) is 16.4. The van der Waals surface area contributed by atoms with Crippen LogP contribution in [0.1, 0.15) is 71.5 Å². The van der Waals surface area contributed by atoms with Crippen LogP contribution in [0.4, 0.5) is 0 Å². The highest BCUT2D eigenvalue weighted by Gasteiger charge is 2.32. The third kappa shape index (κ3) is 5.50. The summed E-state index contributed by atoms with van der Waals surface area (Å²) in [4.78, 5) is 40.4. The third-order valence-corrected chi connectivity index (χ3v) is 5.62. The predicted octanol–water partition coefficient (Wildman–Crippen LogP) is 3.88. The first kappa shape index (κ1) is 25.1. The molecular weight excluding hydrogens is 436 g/mol. The van der Waals surface area contributed by atoms with Crippen molar-refractivity contribution in [2.75, 3.05) is 26.9 Å². The lowest BCUT2D eigenvalue weighted by atomic mass is 9.99. The zero-order valence-electron chi connectivity index (χ0n) is 20.2. The molecule has 0 unspecified atom stereocenters. The van der Waals surface area contributed by atoms with E-state index in [9.17, 15) is 14.4 Å². The summed E-state index contributed by atoms with van der Waals surface area (Å²) in [5.41, 5.74) is 2.21. The molecule has 1 atom stereocenters. The molecule has 0 aromatic heterocycles. The minimum atomic E-state index is -0.685. The Labute approximate surface area is 200 Å². The van der Waals surface area contributed by atoms with E-state index in [4.69, 9.17) is 14.2 Å². The normalized spacial score (nSPS) is 13.3. The maximum atomic E-state index is 13.4. The second kappa shape index (κ2) is 11.5. The number of fused-ring (bicyclic) bond motifs is 1. The zero-order chi connectivity index (χ0) is 24.7. The Morgan fingerprint density at radius 1 is 1.09 bits per heavy atom. The molecule has 2 aromatic rings. The second-order valence-electron chi connectivity index (χ2n) is 7.94. The van der Waals surface area contributed by atoms with Crippen LogP contribution in [0.25, 0.3) is 0 Å². The van der Waals surface area contributed by atoms with Crippen molar-refractivity contribution in [3.8, 4) is 11.5 Å². The standard InChI is InChI=1S/C26H32N2O6/c1-5-13-28-16-18-9-8-10-19(24(18)26(28)31)25(30)27-20(15-23(29)34-7-3)17-11-12-21(33-6-2)22(14-17)32-4/h8-12,14,20H,5-7,13,15-16H2,1-4H3,(H,27,30)/t20-/m0/s1. The lowest BCUT2D eigenvalue weighted by Crippen LogP contribution is -2.32. The van der Waals surface area contributed by atoms with Crippen LogP contribution < -0.4 is 14.8 Å². The highest BCUT2D eigenvalue weighted by Crippen LogP contribution is 2.32. The number of methoxy groups -OCH3 is 1. The quantitative estimate of drug-likeness (QED) is 0.503. The van der Waals surface area contributed by atoms with Gasteiger partial charge in [0, 0.05) is 13.1 Å². The van der Waals surface area contributed by atoms with Crippen LogP contribution in [0.3, 0.4) is 0 Å². The molecule has 0 spiro atoms. The van der Waals surface area contributed by atoms with Gasteiger partial charge in [-0.1, -0.05) is 25.1 Å². The highest BCUT2D eigenvalue weighted by atomic mass is 16.5. The van der Waals surface area contributed by atoms with Crippen LogP contribution >= 0.6 is 0 Å². The van der Waals surface area contributed by atoms with E-state index in [1.54, 1.807) is 42.2 Å². The summed E-state index contributed by atoms with van der Waals surface area (Å²) >= 11 is 0. The van der Waals surface area contributed by atoms with Gasteiger partial charge < -0.3 is 24.4 Å². The Morgan fingerprint density at radius 3 is 2.56 bits per heavy atom. The minimum Gasteiger partial charge on any atom is -0.493 e. The number of benzene rings is 2. The van der Waals surface area contributed by atoms with Crippen LogP contribution in [0.15, 0.2) is 36.4 Å². The monoisotopic (exact) mass is 468 g/mol. The van der Waals surface area contributed by atoms with E-state index in [0.717, 1.165) is 12.0 Å². The maximum absolute atomic E-state index is 13.4. The fraction of sp³-hybridized carbons (Fsp3) is 0.423. The molecular formula is C26H32N2O6. The largest absolute Gasteiger partial charge is 0.493 e. The van der Waals surface area contributed by atoms with Crippen LogP contribution in [-0.4, -0.2) is 49.6 Å². The number of ether oxygens (including phenoxy) is 3. The van der Waals surface area contributed by atoms with E-state index in [1.807, 2.05) is 19.9 Å². The molecule has 0 saturated heterocycles. The van der Waals surface area contributed by atoms with Crippen molar-refractivity contribution >= 4 is 17.8 Å². The number of rotatable bonds is 11. The van der Waals surface area contributed by atoms with Gasteiger partial charge in [0.2, 0.25) is 0 Å². The van der Waals surface area contributed by atoms with Gasteiger partial charge in [0.15, 0.2) is 11.5 Å². The Bertz CT molecular complexity index is 1050. The molecule has 8 heteroatoms.